The molecule has 0 amide bonds. The van der Waals surface area contributed by atoms with E-state index < -0.39 is 0 Å². The van der Waals surface area contributed by atoms with E-state index in [4.69, 9.17) is 11.5 Å². The van der Waals surface area contributed by atoms with Crippen LogP contribution >= 0.6 is 28.3 Å². The van der Waals surface area contributed by atoms with Gasteiger partial charge in [0.05, 0.1) is 0 Å². The van der Waals surface area contributed by atoms with Crippen molar-refractivity contribution in [3.8, 4) is 11.1 Å². The average Bonchev–Trinajstić information content (AvgIpc) is 2.20. The second-order valence-electron chi connectivity index (χ2n) is 3.36. The first-order valence-corrected chi connectivity index (χ1v) is 5.37. The van der Waals surface area contributed by atoms with E-state index in [-0.39, 0.29) is 12.4 Å². The lowest BCUT2D eigenvalue weighted by Gasteiger charge is -2.05. The molecule has 0 spiro atoms. The predicted octanol–water partition coefficient (Wildman–Crippen LogP) is 3.70. The Morgan fingerprint density at radius 3 is 1.94 bits per heavy atom. The maximum atomic E-state index is 5.68. The molecule has 2 nitrogen and oxygen atoms in total. The summed E-state index contributed by atoms with van der Waals surface area (Å²) in [4.78, 5) is 0. The Morgan fingerprint density at radius 2 is 1.38 bits per heavy atom. The molecule has 0 radical (unpaired) electrons. The normalized spacial score (nSPS) is 9.56. The molecule has 0 fully saturated rings. The highest BCUT2D eigenvalue weighted by atomic mass is 79.9. The summed E-state index contributed by atoms with van der Waals surface area (Å²) >= 11 is 3.49. The Labute approximate surface area is 109 Å². The summed E-state index contributed by atoms with van der Waals surface area (Å²) in [5, 5.41) is 0. The Bertz CT molecular complexity index is 483. The average molecular weight is 300 g/mol. The van der Waals surface area contributed by atoms with Crippen LogP contribution in [0.2, 0.25) is 0 Å². The van der Waals surface area contributed by atoms with E-state index >= 15 is 0 Å². The monoisotopic (exact) mass is 298 g/mol. The number of benzene rings is 2. The Hall–Kier alpha value is -1.19. The summed E-state index contributed by atoms with van der Waals surface area (Å²) in [5.74, 6) is 0. The van der Waals surface area contributed by atoms with Crippen molar-refractivity contribution in [3.05, 3.63) is 46.9 Å². The summed E-state index contributed by atoms with van der Waals surface area (Å²) in [6.07, 6.45) is 0. The van der Waals surface area contributed by atoms with E-state index in [1.807, 2.05) is 42.5 Å². The molecule has 2 rings (SSSR count). The molecule has 0 saturated carbocycles. The second-order valence-corrected chi connectivity index (χ2v) is 4.22. The van der Waals surface area contributed by atoms with Crippen LogP contribution in [0.25, 0.3) is 11.1 Å². The van der Waals surface area contributed by atoms with Crippen LogP contribution in [0.3, 0.4) is 0 Å². The number of nitrogen functional groups attached to an aromatic ring is 2. The van der Waals surface area contributed by atoms with Gasteiger partial charge in [-0.05, 0) is 35.4 Å². The number of rotatable bonds is 1. The van der Waals surface area contributed by atoms with E-state index in [0.29, 0.717) is 0 Å². The third-order valence-electron chi connectivity index (χ3n) is 2.21. The van der Waals surface area contributed by atoms with Gasteiger partial charge in [-0.2, -0.15) is 0 Å². The van der Waals surface area contributed by atoms with E-state index in [1.165, 1.54) is 0 Å². The van der Waals surface area contributed by atoms with Gasteiger partial charge in [0.1, 0.15) is 0 Å². The van der Waals surface area contributed by atoms with E-state index in [9.17, 15) is 0 Å². The van der Waals surface area contributed by atoms with Crippen molar-refractivity contribution in [1.82, 2.24) is 0 Å². The topological polar surface area (TPSA) is 52.0 Å². The zero-order valence-electron chi connectivity index (χ0n) is 8.48. The molecule has 0 aliphatic heterocycles. The highest BCUT2D eigenvalue weighted by molar-refractivity contribution is 9.10. The Balaban J connectivity index is 0.00000128. The molecule has 0 aliphatic rings. The lowest BCUT2D eigenvalue weighted by atomic mass is 10.1. The largest absolute Gasteiger partial charge is 0.399 e. The lowest BCUT2D eigenvalue weighted by Crippen LogP contribution is -1.87. The number of halogens is 2. The third kappa shape index (κ3) is 2.68. The molecular weight excluding hydrogens is 288 g/mol. The van der Waals surface area contributed by atoms with Gasteiger partial charge in [0, 0.05) is 15.8 Å². The van der Waals surface area contributed by atoms with Crippen molar-refractivity contribution < 1.29 is 0 Å². The first kappa shape index (κ1) is 12.9. The molecule has 2 aromatic rings. The quantitative estimate of drug-likeness (QED) is 0.789. The maximum absolute atomic E-state index is 5.68. The molecule has 4 heteroatoms. The lowest BCUT2D eigenvalue weighted by molar-refractivity contribution is 1.58. The van der Waals surface area contributed by atoms with Crippen LogP contribution in [0.5, 0.6) is 0 Å². The van der Waals surface area contributed by atoms with Crippen molar-refractivity contribution in [2.45, 2.75) is 0 Å². The maximum Gasteiger partial charge on any atom is 0.0325 e. The minimum atomic E-state index is 0. The van der Waals surface area contributed by atoms with Gasteiger partial charge in [-0.3, -0.25) is 0 Å². The van der Waals surface area contributed by atoms with E-state index in [2.05, 4.69) is 15.9 Å². The first-order valence-electron chi connectivity index (χ1n) is 4.58. The molecule has 0 atom stereocenters. The zero-order valence-corrected chi connectivity index (χ0v) is 10.9. The molecule has 84 valence electrons. The van der Waals surface area contributed by atoms with Crippen LogP contribution < -0.4 is 11.5 Å². The number of nitrogens with two attached hydrogens (primary N) is 2. The van der Waals surface area contributed by atoms with Gasteiger partial charge in [-0.15, -0.1) is 12.4 Å². The van der Waals surface area contributed by atoms with E-state index in [1.54, 1.807) is 0 Å². The Kier molecular flexibility index (Phi) is 4.21. The van der Waals surface area contributed by atoms with Crippen molar-refractivity contribution in [1.29, 1.82) is 0 Å². The van der Waals surface area contributed by atoms with Gasteiger partial charge in [0.15, 0.2) is 0 Å². The fourth-order valence-corrected chi connectivity index (χ4v) is 2.05. The van der Waals surface area contributed by atoms with Crippen molar-refractivity contribution in [2.24, 2.45) is 0 Å². The molecular formula is C12H12BrClN2. The summed E-state index contributed by atoms with van der Waals surface area (Å²) in [5.41, 5.74) is 15.1. The summed E-state index contributed by atoms with van der Waals surface area (Å²) < 4.78 is 0.993. The number of anilines is 2. The predicted molar refractivity (Wildman–Crippen MR) is 75.7 cm³/mol. The van der Waals surface area contributed by atoms with Crippen LogP contribution in [0.15, 0.2) is 46.9 Å². The SMILES string of the molecule is Cl.Nc1ccc(-c2ccc(N)cc2Br)cc1. The molecule has 0 saturated heterocycles. The number of hydrogen-bond acceptors (Lipinski definition) is 2. The van der Waals surface area contributed by atoms with Crippen molar-refractivity contribution in [3.63, 3.8) is 0 Å². The van der Waals surface area contributed by atoms with Gasteiger partial charge in [0.2, 0.25) is 0 Å². The minimum absolute atomic E-state index is 0. The number of hydrogen-bond donors (Lipinski definition) is 2. The smallest absolute Gasteiger partial charge is 0.0325 e. The van der Waals surface area contributed by atoms with Crippen molar-refractivity contribution in [2.75, 3.05) is 11.5 Å². The van der Waals surface area contributed by atoms with Gasteiger partial charge >= 0.3 is 0 Å². The molecule has 0 aromatic heterocycles. The zero-order chi connectivity index (χ0) is 10.8. The van der Waals surface area contributed by atoms with Gasteiger partial charge in [-0.25, -0.2) is 0 Å². The summed E-state index contributed by atoms with van der Waals surface area (Å²) in [7, 11) is 0. The van der Waals surface area contributed by atoms with E-state index in [0.717, 1.165) is 27.0 Å². The van der Waals surface area contributed by atoms with Crippen LogP contribution in [-0.4, -0.2) is 0 Å². The highest BCUT2D eigenvalue weighted by Crippen LogP contribution is 2.30. The molecule has 2 aromatic carbocycles. The molecule has 4 N–H and O–H groups in total. The molecule has 0 unspecified atom stereocenters. The molecule has 0 heterocycles. The fraction of sp³-hybridized carbons (Fsp3) is 0. The molecule has 0 aliphatic carbocycles. The third-order valence-corrected chi connectivity index (χ3v) is 2.87. The minimum Gasteiger partial charge on any atom is -0.399 e. The van der Waals surface area contributed by atoms with Gasteiger partial charge in [-0.1, -0.05) is 34.1 Å². The first-order chi connectivity index (χ1) is 7.16. The van der Waals surface area contributed by atoms with Crippen LogP contribution in [0.1, 0.15) is 0 Å². The summed E-state index contributed by atoms with van der Waals surface area (Å²) in [6, 6.07) is 13.5. The molecule has 0 bridgehead atoms. The van der Waals surface area contributed by atoms with Crippen LogP contribution in [0, 0.1) is 0 Å². The van der Waals surface area contributed by atoms with Gasteiger partial charge in [0.25, 0.3) is 0 Å². The Morgan fingerprint density at radius 1 is 0.812 bits per heavy atom. The standard InChI is InChI=1S/C12H11BrN2.ClH/c13-12-7-10(15)5-6-11(12)8-1-3-9(14)4-2-8;/h1-7H,14-15H2;1H. The highest BCUT2D eigenvalue weighted by Gasteiger charge is 2.02. The van der Waals surface area contributed by atoms with Crippen LogP contribution in [-0.2, 0) is 0 Å². The summed E-state index contributed by atoms with van der Waals surface area (Å²) in [6.45, 7) is 0. The van der Waals surface area contributed by atoms with Crippen molar-refractivity contribution >= 4 is 39.7 Å². The van der Waals surface area contributed by atoms with Gasteiger partial charge < -0.3 is 11.5 Å². The fourth-order valence-electron chi connectivity index (χ4n) is 1.43. The molecule has 16 heavy (non-hydrogen) atoms. The second kappa shape index (κ2) is 5.23. The van der Waals surface area contributed by atoms with Crippen LogP contribution in [0.4, 0.5) is 11.4 Å².